The topological polar surface area (TPSA) is 90.2 Å². The first-order valence-electron chi connectivity index (χ1n) is 5.63. The van der Waals surface area contributed by atoms with Gasteiger partial charge in [0.05, 0.1) is 16.6 Å². The number of halogens is 1. The van der Waals surface area contributed by atoms with Gasteiger partial charge in [-0.1, -0.05) is 15.9 Å². The van der Waals surface area contributed by atoms with E-state index in [0.717, 1.165) is 5.56 Å². The van der Waals surface area contributed by atoms with Gasteiger partial charge < -0.3 is 10.1 Å². The number of non-ortho nitro benzene ring substituents is 1. The van der Waals surface area contributed by atoms with E-state index < -0.39 is 4.92 Å². The van der Waals surface area contributed by atoms with Crippen LogP contribution in [-0.2, 0) is 0 Å². The Morgan fingerprint density at radius 2 is 2.10 bits per heavy atom. The van der Waals surface area contributed by atoms with Crippen LogP contribution in [0.5, 0.6) is 11.6 Å². The highest BCUT2D eigenvalue weighted by molar-refractivity contribution is 9.10. The summed E-state index contributed by atoms with van der Waals surface area (Å²) in [5.41, 5.74) is 0.660. The van der Waals surface area contributed by atoms with Crippen molar-refractivity contribution < 1.29 is 9.66 Å². The predicted molar refractivity (Wildman–Crippen MR) is 77.2 cm³/mol. The molecule has 0 fully saturated rings. The number of hydrogen-bond donors (Lipinski definition) is 1. The lowest BCUT2D eigenvalue weighted by Gasteiger charge is -2.10. The van der Waals surface area contributed by atoms with Crippen LogP contribution in [0.3, 0.4) is 0 Å². The van der Waals surface area contributed by atoms with E-state index in [0.29, 0.717) is 21.9 Å². The molecule has 0 radical (unpaired) electrons. The van der Waals surface area contributed by atoms with Crippen LogP contribution in [0, 0.1) is 17.0 Å². The molecule has 0 spiro atoms. The Bertz CT molecular complexity index is 663. The Labute approximate surface area is 123 Å². The molecule has 2 rings (SSSR count). The van der Waals surface area contributed by atoms with Crippen molar-refractivity contribution in [3.8, 4) is 11.6 Å². The lowest BCUT2D eigenvalue weighted by Crippen LogP contribution is -2.00. The van der Waals surface area contributed by atoms with Gasteiger partial charge in [-0.25, -0.2) is 9.97 Å². The molecule has 1 heterocycles. The van der Waals surface area contributed by atoms with E-state index in [1.165, 1.54) is 18.5 Å². The second kappa shape index (κ2) is 5.83. The zero-order chi connectivity index (χ0) is 14.7. The van der Waals surface area contributed by atoms with E-state index in [1.54, 1.807) is 20.0 Å². The first kappa shape index (κ1) is 14.2. The summed E-state index contributed by atoms with van der Waals surface area (Å²) < 4.78 is 6.16. The van der Waals surface area contributed by atoms with Crippen molar-refractivity contribution in [2.45, 2.75) is 6.92 Å². The van der Waals surface area contributed by atoms with Gasteiger partial charge in [-0.2, -0.15) is 0 Å². The summed E-state index contributed by atoms with van der Waals surface area (Å²) in [7, 11) is 1.74. The molecule has 1 N–H and O–H groups in total. The van der Waals surface area contributed by atoms with Crippen molar-refractivity contribution in [3.63, 3.8) is 0 Å². The summed E-state index contributed by atoms with van der Waals surface area (Å²) in [6.07, 6.45) is 1.36. The van der Waals surface area contributed by atoms with Crippen molar-refractivity contribution in [3.05, 3.63) is 44.7 Å². The highest BCUT2D eigenvalue weighted by atomic mass is 79.9. The van der Waals surface area contributed by atoms with E-state index in [2.05, 4.69) is 31.2 Å². The van der Waals surface area contributed by atoms with Gasteiger partial charge in [0, 0.05) is 17.6 Å². The van der Waals surface area contributed by atoms with Crippen LogP contribution < -0.4 is 10.1 Å². The van der Waals surface area contributed by atoms with E-state index in [-0.39, 0.29) is 5.69 Å². The largest absolute Gasteiger partial charge is 0.438 e. The van der Waals surface area contributed by atoms with Gasteiger partial charge in [0.15, 0.2) is 0 Å². The van der Waals surface area contributed by atoms with Crippen LogP contribution in [0.25, 0.3) is 0 Å². The Hall–Kier alpha value is -2.22. The number of nitrogens with zero attached hydrogens (tertiary/aromatic N) is 3. The Morgan fingerprint density at radius 1 is 1.35 bits per heavy atom. The zero-order valence-corrected chi connectivity index (χ0v) is 12.3. The third-order valence-electron chi connectivity index (χ3n) is 2.56. The molecule has 1 aromatic carbocycles. The van der Waals surface area contributed by atoms with Crippen molar-refractivity contribution in [1.29, 1.82) is 0 Å². The second-order valence-electron chi connectivity index (χ2n) is 3.91. The number of nitro groups is 1. The third-order valence-corrected chi connectivity index (χ3v) is 3.01. The normalized spacial score (nSPS) is 10.2. The van der Waals surface area contributed by atoms with E-state index >= 15 is 0 Å². The summed E-state index contributed by atoms with van der Waals surface area (Å²) in [5, 5.41) is 13.7. The number of rotatable bonds is 4. The number of hydrogen-bond acceptors (Lipinski definition) is 6. The zero-order valence-electron chi connectivity index (χ0n) is 10.8. The minimum atomic E-state index is -0.483. The van der Waals surface area contributed by atoms with Gasteiger partial charge >= 0.3 is 0 Å². The van der Waals surface area contributed by atoms with Crippen LogP contribution >= 0.6 is 15.9 Å². The molecule has 8 heteroatoms. The lowest BCUT2D eigenvalue weighted by atomic mass is 10.3. The molecule has 2 aromatic rings. The molecule has 0 aliphatic heterocycles. The van der Waals surface area contributed by atoms with Crippen LogP contribution in [-0.4, -0.2) is 21.9 Å². The van der Waals surface area contributed by atoms with Crippen molar-refractivity contribution >= 4 is 27.4 Å². The van der Waals surface area contributed by atoms with Crippen molar-refractivity contribution in [1.82, 2.24) is 9.97 Å². The molecular weight excluding hydrogens is 328 g/mol. The summed E-state index contributed by atoms with van der Waals surface area (Å²) >= 11 is 3.21. The monoisotopic (exact) mass is 338 g/mol. The quantitative estimate of drug-likeness (QED) is 0.679. The van der Waals surface area contributed by atoms with E-state index in [4.69, 9.17) is 4.74 Å². The SMILES string of the molecule is CNc1ncnc(Oc2cc(Br)cc([N+](=O)[O-])c2)c1C. The molecule has 0 aliphatic rings. The fourth-order valence-electron chi connectivity index (χ4n) is 1.61. The Kier molecular flexibility index (Phi) is 4.14. The number of ether oxygens (including phenoxy) is 1. The molecular formula is C12H11BrN4O3. The minimum Gasteiger partial charge on any atom is -0.438 e. The smallest absolute Gasteiger partial charge is 0.274 e. The first-order valence-corrected chi connectivity index (χ1v) is 6.42. The summed E-state index contributed by atoms with van der Waals surface area (Å²) in [5.74, 6) is 1.31. The van der Waals surface area contributed by atoms with Crippen LogP contribution in [0.1, 0.15) is 5.56 Å². The molecule has 0 saturated heterocycles. The molecule has 0 bridgehead atoms. The maximum atomic E-state index is 10.8. The van der Waals surface area contributed by atoms with Crippen LogP contribution in [0.2, 0.25) is 0 Å². The number of nitrogens with one attached hydrogen (secondary N) is 1. The average molecular weight is 339 g/mol. The van der Waals surface area contributed by atoms with Crippen molar-refractivity contribution in [2.75, 3.05) is 12.4 Å². The fourth-order valence-corrected chi connectivity index (χ4v) is 2.07. The molecule has 0 atom stereocenters. The predicted octanol–water partition coefficient (Wildman–Crippen LogP) is 3.29. The lowest BCUT2D eigenvalue weighted by molar-refractivity contribution is -0.385. The van der Waals surface area contributed by atoms with Gasteiger partial charge in [0.1, 0.15) is 17.9 Å². The van der Waals surface area contributed by atoms with Gasteiger partial charge in [-0.3, -0.25) is 10.1 Å². The fraction of sp³-hybridized carbons (Fsp3) is 0.167. The molecule has 0 saturated carbocycles. The molecule has 7 nitrogen and oxygen atoms in total. The summed E-state index contributed by atoms with van der Waals surface area (Å²) in [6.45, 7) is 1.80. The summed E-state index contributed by atoms with van der Waals surface area (Å²) in [6, 6.07) is 4.37. The van der Waals surface area contributed by atoms with Crippen LogP contribution in [0.15, 0.2) is 29.0 Å². The van der Waals surface area contributed by atoms with E-state index in [9.17, 15) is 10.1 Å². The van der Waals surface area contributed by atoms with Gasteiger partial charge in [0.25, 0.3) is 5.69 Å². The molecule has 20 heavy (non-hydrogen) atoms. The summed E-state index contributed by atoms with van der Waals surface area (Å²) in [4.78, 5) is 18.4. The molecule has 104 valence electrons. The van der Waals surface area contributed by atoms with Gasteiger partial charge in [0.2, 0.25) is 5.88 Å². The molecule has 1 aromatic heterocycles. The van der Waals surface area contributed by atoms with Gasteiger partial charge in [-0.05, 0) is 13.0 Å². The number of nitro benzene ring substituents is 1. The Balaban J connectivity index is 2.37. The molecule has 0 amide bonds. The van der Waals surface area contributed by atoms with Gasteiger partial charge in [-0.15, -0.1) is 0 Å². The van der Waals surface area contributed by atoms with E-state index in [1.807, 2.05) is 0 Å². The first-order chi connectivity index (χ1) is 9.51. The van der Waals surface area contributed by atoms with Crippen LogP contribution in [0.4, 0.5) is 11.5 Å². The van der Waals surface area contributed by atoms with Crippen molar-refractivity contribution in [2.24, 2.45) is 0 Å². The second-order valence-corrected chi connectivity index (χ2v) is 4.82. The highest BCUT2D eigenvalue weighted by Gasteiger charge is 2.13. The number of anilines is 1. The highest BCUT2D eigenvalue weighted by Crippen LogP contribution is 2.31. The maximum absolute atomic E-state index is 10.8. The molecule has 0 unspecified atom stereocenters. The Morgan fingerprint density at radius 3 is 2.75 bits per heavy atom. The average Bonchev–Trinajstić information content (AvgIpc) is 2.40. The minimum absolute atomic E-state index is 0.0603. The number of benzene rings is 1. The molecule has 0 aliphatic carbocycles. The third kappa shape index (κ3) is 3.02. The number of aromatic nitrogens is 2. The standard InChI is InChI=1S/C12H11BrN4O3/c1-7-11(14-2)15-6-16-12(7)20-10-4-8(13)3-9(5-10)17(18)19/h3-6H,1-2H3,(H,14,15,16). The maximum Gasteiger partial charge on any atom is 0.274 e.